The van der Waals surface area contributed by atoms with Gasteiger partial charge in [0.15, 0.2) is 0 Å². The van der Waals surface area contributed by atoms with Crippen LogP contribution >= 0.6 is 7.60 Å². The molecule has 1 heterocycles. The molecule has 154 valence electrons. The molecule has 0 spiro atoms. The molecule has 0 radical (unpaired) electrons. The van der Waals surface area contributed by atoms with E-state index in [1.54, 1.807) is 24.3 Å². The number of aliphatic hydroxyl groups excluding tert-OH is 3. The lowest BCUT2D eigenvalue weighted by Crippen LogP contribution is -2.59. The van der Waals surface area contributed by atoms with Crippen LogP contribution in [0.5, 0.6) is 11.5 Å². The SMILES string of the molecule is CC(C)COc1ccc(O[C@H]2O[C@H](CCP(=O)(O)O)[C@@H](O)[C@H](O)[C@@H]2O)cc1. The smallest absolute Gasteiger partial charge is 0.325 e. The van der Waals surface area contributed by atoms with E-state index >= 15 is 0 Å². The summed E-state index contributed by atoms with van der Waals surface area (Å²) < 4.78 is 27.6. The number of rotatable bonds is 8. The Kier molecular flexibility index (Phi) is 7.64. The molecule has 1 aliphatic rings. The Morgan fingerprint density at radius 1 is 1.04 bits per heavy atom. The van der Waals surface area contributed by atoms with Crippen molar-refractivity contribution in [1.82, 2.24) is 0 Å². The van der Waals surface area contributed by atoms with Crippen molar-refractivity contribution in [1.29, 1.82) is 0 Å². The minimum atomic E-state index is -4.29. The van der Waals surface area contributed by atoms with Crippen LogP contribution in [-0.4, -0.2) is 68.6 Å². The highest BCUT2D eigenvalue weighted by Gasteiger charge is 2.45. The highest BCUT2D eigenvalue weighted by Crippen LogP contribution is 2.37. The van der Waals surface area contributed by atoms with Crippen molar-refractivity contribution in [2.24, 2.45) is 5.92 Å². The molecule has 27 heavy (non-hydrogen) atoms. The van der Waals surface area contributed by atoms with Crippen molar-refractivity contribution in [3.05, 3.63) is 24.3 Å². The van der Waals surface area contributed by atoms with Gasteiger partial charge in [-0.15, -0.1) is 0 Å². The second-order valence-electron chi connectivity index (χ2n) is 6.99. The van der Waals surface area contributed by atoms with Gasteiger partial charge in [0.25, 0.3) is 0 Å². The van der Waals surface area contributed by atoms with E-state index < -0.39 is 44.5 Å². The topological polar surface area (TPSA) is 146 Å². The summed E-state index contributed by atoms with van der Waals surface area (Å²) in [6.07, 6.45) is -7.69. The van der Waals surface area contributed by atoms with Crippen LogP contribution in [-0.2, 0) is 9.30 Å². The molecule has 2 rings (SSSR count). The minimum Gasteiger partial charge on any atom is -0.493 e. The zero-order valence-corrected chi connectivity index (χ0v) is 16.1. The number of benzene rings is 1. The highest BCUT2D eigenvalue weighted by molar-refractivity contribution is 7.51. The molecule has 0 amide bonds. The van der Waals surface area contributed by atoms with Gasteiger partial charge in [-0.1, -0.05) is 13.8 Å². The summed E-state index contributed by atoms with van der Waals surface area (Å²) in [6.45, 7) is 4.62. The van der Waals surface area contributed by atoms with Gasteiger partial charge >= 0.3 is 7.60 Å². The molecule has 0 bridgehead atoms. The third-order valence-corrected chi connectivity index (χ3v) is 4.87. The lowest BCUT2D eigenvalue weighted by Gasteiger charge is -2.40. The summed E-state index contributed by atoms with van der Waals surface area (Å²) in [7, 11) is -4.29. The first-order valence-corrected chi connectivity index (χ1v) is 10.5. The van der Waals surface area contributed by atoms with Gasteiger partial charge in [-0.2, -0.15) is 0 Å². The van der Waals surface area contributed by atoms with E-state index in [1.165, 1.54) is 0 Å². The van der Waals surface area contributed by atoms with Gasteiger partial charge in [0.1, 0.15) is 29.8 Å². The fourth-order valence-electron chi connectivity index (χ4n) is 2.56. The molecule has 10 heteroatoms. The monoisotopic (exact) mass is 406 g/mol. The van der Waals surface area contributed by atoms with Crippen LogP contribution in [0.4, 0.5) is 0 Å². The van der Waals surface area contributed by atoms with Gasteiger partial charge < -0.3 is 39.3 Å². The number of aliphatic hydroxyl groups is 3. The van der Waals surface area contributed by atoms with E-state index in [2.05, 4.69) is 0 Å². The lowest BCUT2D eigenvalue weighted by molar-refractivity contribution is -0.272. The molecule has 0 unspecified atom stereocenters. The average molecular weight is 406 g/mol. The molecular weight excluding hydrogens is 379 g/mol. The molecule has 0 aromatic heterocycles. The van der Waals surface area contributed by atoms with E-state index in [9.17, 15) is 19.9 Å². The minimum absolute atomic E-state index is 0.197. The van der Waals surface area contributed by atoms with Crippen molar-refractivity contribution >= 4 is 7.60 Å². The van der Waals surface area contributed by atoms with Crippen molar-refractivity contribution in [2.75, 3.05) is 12.8 Å². The van der Waals surface area contributed by atoms with Gasteiger partial charge in [0.05, 0.1) is 18.9 Å². The van der Waals surface area contributed by atoms with E-state index in [4.69, 9.17) is 24.0 Å². The predicted octanol–water partition coefficient (Wildman–Crippen LogP) is 0.476. The summed E-state index contributed by atoms with van der Waals surface area (Å²) in [5.41, 5.74) is 0. The molecule has 1 aliphatic heterocycles. The Morgan fingerprint density at radius 2 is 1.63 bits per heavy atom. The summed E-state index contributed by atoms with van der Waals surface area (Å²) in [5.74, 6) is 1.37. The molecule has 5 atom stereocenters. The largest absolute Gasteiger partial charge is 0.493 e. The Hall–Kier alpha value is -1.19. The molecule has 0 saturated carbocycles. The maximum absolute atomic E-state index is 11.0. The Balaban J connectivity index is 2.00. The lowest BCUT2D eigenvalue weighted by atomic mass is 9.97. The van der Waals surface area contributed by atoms with E-state index in [0.717, 1.165) is 0 Å². The third kappa shape index (κ3) is 6.73. The Morgan fingerprint density at radius 3 is 2.19 bits per heavy atom. The van der Waals surface area contributed by atoms with Crippen molar-refractivity contribution in [2.45, 2.75) is 51.0 Å². The quantitative estimate of drug-likeness (QED) is 0.389. The summed E-state index contributed by atoms with van der Waals surface area (Å²) in [4.78, 5) is 18.0. The first-order chi connectivity index (χ1) is 12.6. The number of hydrogen-bond donors (Lipinski definition) is 5. The van der Waals surface area contributed by atoms with E-state index in [0.29, 0.717) is 24.0 Å². The second kappa shape index (κ2) is 9.34. The van der Waals surface area contributed by atoms with Gasteiger partial charge in [0.2, 0.25) is 6.29 Å². The van der Waals surface area contributed by atoms with Crippen LogP contribution in [0.3, 0.4) is 0 Å². The second-order valence-corrected chi connectivity index (χ2v) is 8.76. The summed E-state index contributed by atoms with van der Waals surface area (Å²) >= 11 is 0. The first kappa shape index (κ1) is 22.1. The average Bonchev–Trinajstić information content (AvgIpc) is 2.59. The van der Waals surface area contributed by atoms with Gasteiger partial charge in [0, 0.05) is 0 Å². The van der Waals surface area contributed by atoms with E-state index in [1.807, 2.05) is 13.8 Å². The Bertz CT molecular complexity index is 630. The molecular formula is C17H27O9P. The normalized spacial score (nSPS) is 29.0. The predicted molar refractivity (Wildman–Crippen MR) is 95.6 cm³/mol. The summed E-state index contributed by atoms with van der Waals surface area (Å²) in [6, 6.07) is 6.58. The van der Waals surface area contributed by atoms with Gasteiger partial charge in [-0.3, -0.25) is 4.57 Å². The first-order valence-electron chi connectivity index (χ1n) is 8.70. The molecule has 1 aromatic rings. The van der Waals surface area contributed by atoms with Crippen LogP contribution in [0.25, 0.3) is 0 Å². The zero-order valence-electron chi connectivity index (χ0n) is 15.2. The summed E-state index contributed by atoms with van der Waals surface area (Å²) in [5, 5.41) is 30.0. The fraction of sp³-hybridized carbons (Fsp3) is 0.647. The standard InChI is InChI=1S/C17H27O9P/c1-10(2)9-24-11-3-5-12(6-4-11)25-17-16(20)15(19)14(18)13(26-17)7-8-27(21,22)23/h3-6,10,13-20H,7-9H2,1-2H3,(H2,21,22,23)/t13-,14-,15+,16+,17+/m1/s1. The van der Waals surface area contributed by atoms with Crippen LogP contribution in [0, 0.1) is 5.92 Å². The highest BCUT2D eigenvalue weighted by atomic mass is 31.2. The van der Waals surface area contributed by atoms with Gasteiger partial charge in [-0.05, 0) is 36.6 Å². The maximum atomic E-state index is 11.0. The molecule has 5 N–H and O–H groups in total. The van der Waals surface area contributed by atoms with Crippen LogP contribution < -0.4 is 9.47 Å². The third-order valence-electron chi connectivity index (χ3n) is 4.03. The number of ether oxygens (including phenoxy) is 3. The fourth-order valence-corrected chi connectivity index (χ4v) is 3.15. The Labute approximate surface area is 157 Å². The molecule has 1 fully saturated rings. The van der Waals surface area contributed by atoms with Gasteiger partial charge in [-0.25, -0.2) is 0 Å². The maximum Gasteiger partial charge on any atom is 0.325 e. The zero-order chi connectivity index (χ0) is 20.2. The van der Waals surface area contributed by atoms with Crippen molar-refractivity contribution in [3.8, 4) is 11.5 Å². The number of hydrogen-bond acceptors (Lipinski definition) is 7. The van der Waals surface area contributed by atoms with Crippen LogP contribution in [0.1, 0.15) is 20.3 Å². The van der Waals surface area contributed by atoms with Crippen LogP contribution in [0.15, 0.2) is 24.3 Å². The molecule has 0 aliphatic carbocycles. The van der Waals surface area contributed by atoms with Crippen LogP contribution in [0.2, 0.25) is 0 Å². The van der Waals surface area contributed by atoms with Crippen molar-refractivity contribution < 1.29 is 43.9 Å². The molecule has 1 saturated heterocycles. The van der Waals surface area contributed by atoms with Crippen molar-refractivity contribution in [3.63, 3.8) is 0 Å². The molecule has 1 aromatic carbocycles. The van der Waals surface area contributed by atoms with E-state index in [-0.39, 0.29) is 6.42 Å². The molecule has 9 nitrogen and oxygen atoms in total.